The van der Waals surface area contributed by atoms with E-state index < -0.39 is 11.5 Å². The molecule has 9 heteroatoms. The summed E-state index contributed by atoms with van der Waals surface area (Å²) in [6.45, 7) is 3.17. The molecule has 0 spiro atoms. The predicted octanol–water partition coefficient (Wildman–Crippen LogP) is 1.41. The quantitative estimate of drug-likeness (QED) is 0.673. The van der Waals surface area contributed by atoms with Crippen LogP contribution >= 0.6 is 0 Å². The first-order valence-corrected chi connectivity index (χ1v) is 11.6. The van der Waals surface area contributed by atoms with Gasteiger partial charge < -0.3 is 20.0 Å². The predicted molar refractivity (Wildman–Crippen MR) is 121 cm³/mol. The number of amides is 1. The van der Waals surface area contributed by atoms with E-state index in [-0.39, 0.29) is 18.4 Å². The summed E-state index contributed by atoms with van der Waals surface area (Å²) in [5, 5.41) is 21.9. The standard InChI is InChI=1S/C23H31N5O2.CH2O2/c1-26-9-7-23(8-10-26,19-5-3-2-4-6-19)22(30)27-13-17-11-20(28-16-24-15-25-28)21(29)12-18(17)14-27;2-1-3/h2-6,15-18,20-21,29H,7-14H2,1H3;1H,(H,2,3)/t17-,18+,20-,21-;/m1./s1. The van der Waals surface area contributed by atoms with Crippen LogP contribution < -0.4 is 0 Å². The van der Waals surface area contributed by atoms with E-state index in [0.29, 0.717) is 11.8 Å². The smallest absolute Gasteiger partial charge is 0.290 e. The number of nitrogens with zero attached hydrogens (tertiary/aromatic N) is 5. The highest BCUT2D eigenvalue weighted by molar-refractivity contribution is 5.88. The molecule has 178 valence electrons. The number of benzene rings is 1. The molecule has 3 heterocycles. The van der Waals surface area contributed by atoms with Gasteiger partial charge in [0.05, 0.1) is 17.6 Å². The highest BCUT2D eigenvalue weighted by atomic mass is 16.3. The minimum atomic E-state index is -0.436. The van der Waals surface area contributed by atoms with E-state index >= 15 is 0 Å². The van der Waals surface area contributed by atoms with Gasteiger partial charge in [-0.1, -0.05) is 30.3 Å². The molecule has 3 aliphatic rings. The van der Waals surface area contributed by atoms with Crippen molar-refractivity contribution in [1.29, 1.82) is 0 Å². The molecular formula is C24H33N5O4. The number of aliphatic hydroxyl groups is 1. The number of aliphatic hydroxyl groups excluding tert-OH is 1. The van der Waals surface area contributed by atoms with Gasteiger partial charge in [0.15, 0.2) is 0 Å². The highest BCUT2D eigenvalue weighted by Gasteiger charge is 2.49. The van der Waals surface area contributed by atoms with Crippen molar-refractivity contribution in [2.24, 2.45) is 11.8 Å². The Labute approximate surface area is 194 Å². The van der Waals surface area contributed by atoms with Crippen molar-refractivity contribution in [3.8, 4) is 0 Å². The summed E-state index contributed by atoms with van der Waals surface area (Å²) in [7, 11) is 2.13. The summed E-state index contributed by atoms with van der Waals surface area (Å²) in [5.41, 5.74) is 0.726. The van der Waals surface area contributed by atoms with Crippen molar-refractivity contribution in [2.75, 3.05) is 33.2 Å². The summed E-state index contributed by atoms with van der Waals surface area (Å²) in [6, 6.07) is 10.3. The van der Waals surface area contributed by atoms with Gasteiger partial charge in [-0.15, -0.1) is 0 Å². The SMILES string of the molecule is CN1CCC(C(=O)N2C[C@H]3C[C@@H](n4cncn4)[C@H](O)C[C@H]3C2)(c2ccccc2)CC1.O=CO. The van der Waals surface area contributed by atoms with Crippen LogP contribution in [0.4, 0.5) is 0 Å². The highest BCUT2D eigenvalue weighted by Crippen LogP contribution is 2.44. The maximum absolute atomic E-state index is 14.0. The lowest BCUT2D eigenvalue weighted by molar-refractivity contribution is -0.138. The molecule has 2 N–H and O–H groups in total. The van der Waals surface area contributed by atoms with Crippen molar-refractivity contribution in [3.63, 3.8) is 0 Å². The monoisotopic (exact) mass is 455 g/mol. The lowest BCUT2D eigenvalue weighted by Crippen LogP contribution is -2.52. The maximum Gasteiger partial charge on any atom is 0.290 e. The molecule has 1 aliphatic carbocycles. The maximum atomic E-state index is 14.0. The fraction of sp³-hybridized carbons (Fsp3) is 0.583. The molecule has 33 heavy (non-hydrogen) atoms. The minimum absolute atomic E-state index is 0.0461. The molecule has 0 bridgehead atoms. The van der Waals surface area contributed by atoms with Crippen molar-refractivity contribution in [3.05, 3.63) is 48.5 Å². The van der Waals surface area contributed by atoms with Gasteiger partial charge in [-0.2, -0.15) is 5.10 Å². The second-order valence-corrected chi connectivity index (χ2v) is 9.57. The van der Waals surface area contributed by atoms with E-state index in [9.17, 15) is 9.90 Å². The summed E-state index contributed by atoms with van der Waals surface area (Å²) < 4.78 is 1.79. The van der Waals surface area contributed by atoms with Crippen molar-refractivity contribution >= 4 is 12.4 Å². The first-order valence-electron chi connectivity index (χ1n) is 11.6. The van der Waals surface area contributed by atoms with Gasteiger partial charge in [-0.3, -0.25) is 9.59 Å². The van der Waals surface area contributed by atoms with Crippen LogP contribution in [-0.2, 0) is 15.0 Å². The number of aromatic nitrogens is 3. The van der Waals surface area contributed by atoms with Crippen molar-refractivity contribution in [1.82, 2.24) is 24.6 Å². The van der Waals surface area contributed by atoms with E-state index in [0.717, 1.165) is 57.4 Å². The van der Waals surface area contributed by atoms with E-state index in [1.54, 1.807) is 11.0 Å². The molecule has 4 atom stereocenters. The summed E-state index contributed by atoms with van der Waals surface area (Å²) in [5.74, 6) is 1.05. The zero-order chi connectivity index (χ0) is 23.4. The fourth-order valence-corrected chi connectivity index (χ4v) is 5.93. The molecule has 2 aromatic rings. The summed E-state index contributed by atoms with van der Waals surface area (Å²) in [6.07, 6.45) is 6.07. The first kappa shape index (κ1) is 23.4. The molecular weight excluding hydrogens is 422 g/mol. The Morgan fingerprint density at radius 3 is 2.36 bits per heavy atom. The molecule has 0 radical (unpaired) electrons. The van der Waals surface area contributed by atoms with Gasteiger partial charge in [0.1, 0.15) is 12.7 Å². The zero-order valence-corrected chi connectivity index (χ0v) is 19.0. The second-order valence-electron chi connectivity index (χ2n) is 9.57. The molecule has 1 aromatic heterocycles. The third kappa shape index (κ3) is 4.65. The Hall–Kier alpha value is -2.78. The summed E-state index contributed by atoms with van der Waals surface area (Å²) >= 11 is 0. The number of carboxylic acid groups (broad SMARTS) is 1. The third-order valence-electron chi connectivity index (χ3n) is 7.75. The molecule has 2 saturated heterocycles. The minimum Gasteiger partial charge on any atom is -0.483 e. The van der Waals surface area contributed by atoms with Crippen molar-refractivity contribution < 1.29 is 19.8 Å². The average Bonchev–Trinajstić information content (AvgIpc) is 3.50. The number of fused-ring (bicyclic) bond motifs is 1. The van der Waals surface area contributed by atoms with Crippen LogP contribution in [0.25, 0.3) is 0 Å². The molecule has 5 rings (SSSR count). The van der Waals surface area contributed by atoms with Crippen LogP contribution in [0.2, 0.25) is 0 Å². The number of hydrogen-bond donors (Lipinski definition) is 2. The molecule has 1 amide bonds. The molecule has 3 fully saturated rings. The number of hydrogen-bond acceptors (Lipinski definition) is 6. The Bertz CT molecular complexity index is 914. The number of likely N-dealkylation sites (tertiary alicyclic amines) is 2. The first-order chi connectivity index (χ1) is 16.0. The molecule has 1 aromatic carbocycles. The van der Waals surface area contributed by atoms with Gasteiger partial charge in [0, 0.05) is 13.1 Å². The van der Waals surface area contributed by atoms with Gasteiger partial charge in [-0.25, -0.2) is 9.67 Å². The van der Waals surface area contributed by atoms with Crippen LogP contribution in [0.1, 0.15) is 37.3 Å². The van der Waals surface area contributed by atoms with Crippen molar-refractivity contribution in [2.45, 2.75) is 43.2 Å². The van der Waals surface area contributed by atoms with Gasteiger partial charge in [-0.05, 0) is 63.2 Å². The van der Waals surface area contributed by atoms with Crippen LogP contribution in [-0.4, -0.2) is 86.5 Å². The van der Waals surface area contributed by atoms with Crippen LogP contribution in [0, 0.1) is 11.8 Å². The average molecular weight is 456 g/mol. The lowest BCUT2D eigenvalue weighted by Gasteiger charge is -2.42. The van der Waals surface area contributed by atoms with E-state index in [1.165, 1.54) is 6.33 Å². The Morgan fingerprint density at radius 2 is 1.76 bits per heavy atom. The van der Waals surface area contributed by atoms with Crippen LogP contribution in [0.5, 0.6) is 0 Å². The van der Waals surface area contributed by atoms with Crippen LogP contribution in [0.15, 0.2) is 43.0 Å². The zero-order valence-electron chi connectivity index (χ0n) is 19.0. The third-order valence-corrected chi connectivity index (χ3v) is 7.75. The normalized spacial score (nSPS) is 29.0. The molecule has 0 unspecified atom stereocenters. The van der Waals surface area contributed by atoms with E-state index in [4.69, 9.17) is 9.90 Å². The second kappa shape index (κ2) is 10.0. The number of piperidine rings is 1. The molecule has 9 nitrogen and oxygen atoms in total. The Morgan fingerprint density at radius 1 is 1.12 bits per heavy atom. The molecule has 1 saturated carbocycles. The summed E-state index contributed by atoms with van der Waals surface area (Å²) in [4.78, 5) is 30.8. The number of rotatable bonds is 3. The Kier molecular flexibility index (Phi) is 7.09. The number of carbonyl (C=O) groups excluding carboxylic acids is 1. The Balaban J connectivity index is 0.000000821. The van der Waals surface area contributed by atoms with E-state index in [2.05, 4.69) is 39.1 Å². The lowest BCUT2D eigenvalue weighted by atomic mass is 9.71. The fourth-order valence-electron chi connectivity index (χ4n) is 5.93. The molecule has 2 aliphatic heterocycles. The largest absolute Gasteiger partial charge is 0.483 e. The van der Waals surface area contributed by atoms with E-state index in [1.807, 2.05) is 18.2 Å². The van der Waals surface area contributed by atoms with Gasteiger partial charge in [0.2, 0.25) is 5.91 Å². The van der Waals surface area contributed by atoms with Gasteiger partial charge in [0.25, 0.3) is 6.47 Å². The topological polar surface area (TPSA) is 112 Å². The van der Waals surface area contributed by atoms with Gasteiger partial charge >= 0.3 is 0 Å². The van der Waals surface area contributed by atoms with Crippen LogP contribution in [0.3, 0.4) is 0 Å². The number of carbonyl (C=O) groups is 2.